The summed E-state index contributed by atoms with van der Waals surface area (Å²) in [7, 11) is -1.97. The van der Waals surface area contributed by atoms with E-state index in [2.05, 4.69) is 10.2 Å². The van der Waals surface area contributed by atoms with Gasteiger partial charge in [-0.25, -0.2) is 8.42 Å². The molecule has 1 heterocycles. The number of hydrogen-bond donors (Lipinski definition) is 2. The average molecular weight is 246 g/mol. The molecule has 0 aliphatic heterocycles. The van der Waals surface area contributed by atoms with Crippen molar-refractivity contribution in [3.8, 4) is 0 Å². The molecule has 0 amide bonds. The Balaban J connectivity index is 3.08. The zero-order valence-corrected chi connectivity index (χ0v) is 10.6. The summed E-state index contributed by atoms with van der Waals surface area (Å²) in [5, 5.41) is 6.05. The van der Waals surface area contributed by atoms with E-state index in [1.165, 1.54) is 10.5 Å². The first kappa shape index (κ1) is 13.0. The molecule has 0 spiro atoms. The standard InChI is InChI=1S/C9H18N4O2S/c1-4-7(5-2)13(3)16(14,15)8-6-11-12-9(8)10/h6-7H,4-5H2,1-3H3,(H3,10,11,12). The number of aromatic amines is 1. The first-order valence-corrected chi connectivity index (χ1v) is 6.66. The van der Waals surface area contributed by atoms with Crippen molar-refractivity contribution in [1.82, 2.24) is 14.5 Å². The minimum atomic E-state index is -3.54. The molecule has 6 nitrogen and oxygen atoms in total. The summed E-state index contributed by atoms with van der Waals surface area (Å²) >= 11 is 0. The summed E-state index contributed by atoms with van der Waals surface area (Å²) in [6.07, 6.45) is 2.78. The molecule has 0 aliphatic rings. The van der Waals surface area contributed by atoms with Crippen LogP contribution in [0, 0.1) is 0 Å². The molecule has 0 radical (unpaired) electrons. The Labute approximate surface area is 95.9 Å². The summed E-state index contributed by atoms with van der Waals surface area (Å²) < 4.78 is 25.7. The van der Waals surface area contributed by atoms with E-state index in [1.807, 2.05) is 13.8 Å². The molecule has 0 aliphatic carbocycles. The van der Waals surface area contributed by atoms with Crippen molar-refractivity contribution in [3.63, 3.8) is 0 Å². The van der Waals surface area contributed by atoms with Crippen molar-refractivity contribution >= 4 is 15.8 Å². The van der Waals surface area contributed by atoms with Crippen molar-refractivity contribution in [3.05, 3.63) is 6.20 Å². The Kier molecular flexibility index (Phi) is 3.93. The van der Waals surface area contributed by atoms with Crippen molar-refractivity contribution in [2.75, 3.05) is 12.8 Å². The lowest BCUT2D eigenvalue weighted by Gasteiger charge is -2.24. The normalized spacial score (nSPS) is 12.6. The predicted octanol–water partition coefficient (Wildman–Crippen LogP) is 0.801. The first-order valence-electron chi connectivity index (χ1n) is 5.22. The van der Waals surface area contributed by atoms with Crippen LogP contribution in [0.5, 0.6) is 0 Å². The fourth-order valence-corrected chi connectivity index (χ4v) is 3.16. The molecular formula is C9H18N4O2S. The topological polar surface area (TPSA) is 92.1 Å². The van der Waals surface area contributed by atoms with Crippen LogP contribution < -0.4 is 5.73 Å². The molecule has 16 heavy (non-hydrogen) atoms. The van der Waals surface area contributed by atoms with Crippen LogP contribution in [0.4, 0.5) is 5.82 Å². The average Bonchev–Trinajstić information content (AvgIpc) is 2.66. The van der Waals surface area contributed by atoms with Gasteiger partial charge in [-0.1, -0.05) is 13.8 Å². The van der Waals surface area contributed by atoms with Gasteiger partial charge in [0.25, 0.3) is 0 Å². The van der Waals surface area contributed by atoms with E-state index in [-0.39, 0.29) is 16.8 Å². The number of aromatic nitrogens is 2. The lowest BCUT2D eigenvalue weighted by molar-refractivity contribution is 0.350. The van der Waals surface area contributed by atoms with E-state index in [1.54, 1.807) is 7.05 Å². The highest BCUT2D eigenvalue weighted by Gasteiger charge is 2.28. The third-order valence-corrected chi connectivity index (χ3v) is 4.68. The Morgan fingerprint density at radius 3 is 2.44 bits per heavy atom. The second kappa shape index (κ2) is 4.84. The minimum Gasteiger partial charge on any atom is -0.383 e. The molecular weight excluding hydrogens is 228 g/mol. The molecule has 0 atom stereocenters. The molecule has 0 bridgehead atoms. The van der Waals surface area contributed by atoms with Gasteiger partial charge in [0.05, 0.1) is 6.20 Å². The van der Waals surface area contributed by atoms with Gasteiger partial charge in [-0.05, 0) is 12.8 Å². The monoisotopic (exact) mass is 246 g/mol. The summed E-state index contributed by atoms with van der Waals surface area (Å²) in [5.41, 5.74) is 5.52. The molecule has 0 saturated heterocycles. The summed E-state index contributed by atoms with van der Waals surface area (Å²) in [6, 6.07) is -0.0145. The highest BCUT2D eigenvalue weighted by molar-refractivity contribution is 7.89. The van der Waals surface area contributed by atoms with Crippen LogP contribution in [-0.4, -0.2) is 36.0 Å². The number of nitrogens with two attached hydrogens (primary N) is 1. The van der Waals surface area contributed by atoms with Crippen molar-refractivity contribution in [2.24, 2.45) is 0 Å². The third kappa shape index (κ3) is 2.19. The van der Waals surface area contributed by atoms with Gasteiger partial charge >= 0.3 is 0 Å². The predicted molar refractivity (Wildman–Crippen MR) is 62.3 cm³/mol. The fraction of sp³-hybridized carbons (Fsp3) is 0.667. The van der Waals surface area contributed by atoms with E-state index < -0.39 is 10.0 Å². The van der Waals surface area contributed by atoms with Gasteiger partial charge in [-0.3, -0.25) is 5.10 Å². The van der Waals surface area contributed by atoms with Crippen LogP contribution in [0.15, 0.2) is 11.1 Å². The number of sulfonamides is 1. The van der Waals surface area contributed by atoms with Gasteiger partial charge < -0.3 is 5.73 Å². The van der Waals surface area contributed by atoms with E-state index in [4.69, 9.17) is 5.73 Å². The maximum atomic E-state index is 12.2. The molecule has 92 valence electrons. The van der Waals surface area contributed by atoms with E-state index in [0.717, 1.165) is 12.8 Å². The number of hydrogen-bond acceptors (Lipinski definition) is 4. The summed E-state index contributed by atoms with van der Waals surface area (Å²) in [5.74, 6) is 0.0813. The van der Waals surface area contributed by atoms with Gasteiger partial charge in [0.1, 0.15) is 10.7 Å². The Morgan fingerprint density at radius 1 is 1.50 bits per heavy atom. The molecule has 0 fully saturated rings. The molecule has 1 aromatic heterocycles. The summed E-state index contributed by atoms with van der Waals surface area (Å²) in [4.78, 5) is 0.0434. The van der Waals surface area contributed by atoms with Crippen LogP contribution in [0.25, 0.3) is 0 Å². The number of nitrogens with one attached hydrogen (secondary N) is 1. The highest BCUT2D eigenvalue weighted by atomic mass is 32.2. The Bertz CT molecular complexity index is 436. The quantitative estimate of drug-likeness (QED) is 0.803. The number of rotatable bonds is 5. The smallest absolute Gasteiger partial charge is 0.248 e. The van der Waals surface area contributed by atoms with Crippen LogP contribution in [0.1, 0.15) is 26.7 Å². The zero-order chi connectivity index (χ0) is 12.3. The van der Waals surface area contributed by atoms with Crippen molar-refractivity contribution in [2.45, 2.75) is 37.6 Å². The number of H-pyrrole nitrogens is 1. The molecule has 0 saturated carbocycles. The third-order valence-electron chi connectivity index (χ3n) is 2.75. The molecule has 1 rings (SSSR count). The SMILES string of the molecule is CCC(CC)N(C)S(=O)(=O)c1cn[nH]c1N. The second-order valence-electron chi connectivity index (χ2n) is 3.64. The number of nitrogens with zero attached hydrogens (tertiary/aromatic N) is 2. The number of nitrogen functional groups attached to an aromatic ring is 1. The van der Waals surface area contributed by atoms with Gasteiger partial charge in [0.2, 0.25) is 10.0 Å². The largest absolute Gasteiger partial charge is 0.383 e. The lowest BCUT2D eigenvalue weighted by atomic mass is 10.2. The minimum absolute atomic E-state index is 0.0145. The maximum absolute atomic E-state index is 12.2. The second-order valence-corrected chi connectivity index (χ2v) is 5.61. The van der Waals surface area contributed by atoms with E-state index in [9.17, 15) is 8.42 Å². The van der Waals surface area contributed by atoms with E-state index in [0.29, 0.717) is 0 Å². The fourth-order valence-electron chi connectivity index (χ4n) is 1.64. The first-order chi connectivity index (χ1) is 7.45. The zero-order valence-electron chi connectivity index (χ0n) is 9.77. The van der Waals surface area contributed by atoms with E-state index >= 15 is 0 Å². The molecule has 0 unspecified atom stereocenters. The summed E-state index contributed by atoms with van der Waals surface area (Å²) in [6.45, 7) is 3.91. The maximum Gasteiger partial charge on any atom is 0.248 e. The van der Waals surface area contributed by atoms with Gasteiger partial charge in [0, 0.05) is 13.1 Å². The Hall–Kier alpha value is -1.08. The van der Waals surface area contributed by atoms with Crippen LogP contribution in [0.3, 0.4) is 0 Å². The van der Waals surface area contributed by atoms with Gasteiger partial charge in [-0.15, -0.1) is 0 Å². The number of anilines is 1. The molecule has 0 aromatic carbocycles. The lowest BCUT2D eigenvalue weighted by Crippen LogP contribution is -2.36. The molecule has 1 aromatic rings. The van der Waals surface area contributed by atoms with Crippen LogP contribution >= 0.6 is 0 Å². The molecule has 3 N–H and O–H groups in total. The van der Waals surface area contributed by atoms with Gasteiger partial charge in [0.15, 0.2) is 0 Å². The van der Waals surface area contributed by atoms with Crippen LogP contribution in [-0.2, 0) is 10.0 Å². The molecule has 7 heteroatoms. The van der Waals surface area contributed by atoms with Crippen molar-refractivity contribution in [1.29, 1.82) is 0 Å². The Morgan fingerprint density at radius 2 is 2.06 bits per heavy atom. The van der Waals surface area contributed by atoms with Crippen molar-refractivity contribution < 1.29 is 8.42 Å². The highest BCUT2D eigenvalue weighted by Crippen LogP contribution is 2.22. The van der Waals surface area contributed by atoms with Crippen LogP contribution in [0.2, 0.25) is 0 Å². The van der Waals surface area contributed by atoms with Gasteiger partial charge in [-0.2, -0.15) is 9.40 Å².